The molecule has 1 rings (SSSR count). The summed E-state index contributed by atoms with van der Waals surface area (Å²) >= 11 is 0. The number of aromatic hydroxyl groups is 2. The van der Waals surface area contributed by atoms with Gasteiger partial charge in [0.2, 0.25) is 0 Å². The van der Waals surface area contributed by atoms with Gasteiger partial charge < -0.3 is 20.1 Å². The maximum atomic E-state index is 11.2. The van der Waals surface area contributed by atoms with Crippen LogP contribution in [-0.4, -0.2) is 33.9 Å². The number of carbonyl (C=O) groups is 2. The quantitative estimate of drug-likeness (QED) is 0.145. The van der Waals surface area contributed by atoms with E-state index in [4.69, 9.17) is 9.84 Å². The van der Waals surface area contributed by atoms with E-state index in [0.29, 0.717) is 12.2 Å². The second-order valence-corrected chi connectivity index (χ2v) is 7.75. The van der Waals surface area contributed by atoms with Gasteiger partial charge in [-0.1, -0.05) is 58.1 Å². The molecular formula is C25H38O6. The number of benzene rings is 1. The predicted octanol–water partition coefficient (Wildman–Crippen LogP) is 5.92. The van der Waals surface area contributed by atoms with Crippen molar-refractivity contribution in [1.82, 2.24) is 0 Å². The molecular weight excluding hydrogens is 396 g/mol. The predicted molar refractivity (Wildman–Crippen MR) is 123 cm³/mol. The molecule has 0 saturated heterocycles. The van der Waals surface area contributed by atoms with Crippen molar-refractivity contribution in [2.24, 2.45) is 0 Å². The summed E-state index contributed by atoms with van der Waals surface area (Å²) in [7, 11) is 0. The van der Waals surface area contributed by atoms with E-state index in [9.17, 15) is 19.8 Å². The Kier molecular flexibility index (Phi) is 15.5. The fraction of sp³-hybridized carbons (Fsp3) is 0.520. The smallest absolute Gasteiger partial charge is 0.333 e. The van der Waals surface area contributed by atoms with Crippen molar-refractivity contribution in [3.8, 4) is 11.5 Å². The second-order valence-electron chi connectivity index (χ2n) is 7.75. The van der Waals surface area contributed by atoms with Crippen LogP contribution < -0.4 is 0 Å². The molecule has 6 nitrogen and oxygen atoms in total. The highest BCUT2D eigenvalue weighted by Crippen LogP contribution is 2.24. The molecule has 6 heteroatoms. The standard InChI is InChI=1S/C21H32O4.C4H6O2/c1-17(2)21(24)25-15-11-9-7-5-3-4-6-8-10-12-18-16-19(22)13-14-20(18)23;1-3(2)4(5)6/h13-14,16,22-23H,1,3-12,15H2,2H3;1H2,2H3,(H,5,6). The molecule has 0 aliphatic rings. The fourth-order valence-electron chi connectivity index (χ4n) is 2.72. The van der Waals surface area contributed by atoms with Crippen LogP contribution >= 0.6 is 0 Å². The molecule has 0 spiro atoms. The van der Waals surface area contributed by atoms with Gasteiger partial charge in [-0.25, -0.2) is 9.59 Å². The van der Waals surface area contributed by atoms with Crippen LogP contribution in [0.4, 0.5) is 0 Å². The topological polar surface area (TPSA) is 104 Å². The average Bonchev–Trinajstić information content (AvgIpc) is 2.71. The number of carboxylic acid groups (broad SMARTS) is 1. The summed E-state index contributed by atoms with van der Waals surface area (Å²) in [5.41, 5.74) is 1.46. The minimum absolute atomic E-state index is 0.176. The summed E-state index contributed by atoms with van der Waals surface area (Å²) in [5, 5.41) is 27.0. The van der Waals surface area contributed by atoms with Crippen molar-refractivity contribution in [1.29, 1.82) is 0 Å². The molecule has 1 aromatic rings. The number of phenols is 2. The molecule has 0 aromatic heterocycles. The lowest BCUT2D eigenvalue weighted by atomic mass is 10.0. The molecule has 0 atom stereocenters. The van der Waals surface area contributed by atoms with Crippen molar-refractivity contribution in [3.63, 3.8) is 0 Å². The normalized spacial score (nSPS) is 10.0. The van der Waals surface area contributed by atoms with Gasteiger partial charge in [-0.05, 0) is 56.9 Å². The first kappa shape index (κ1) is 28.2. The van der Waals surface area contributed by atoms with Crippen LogP contribution in [0, 0.1) is 0 Å². The Morgan fingerprint density at radius 3 is 1.81 bits per heavy atom. The van der Waals surface area contributed by atoms with E-state index < -0.39 is 5.97 Å². The van der Waals surface area contributed by atoms with Crippen molar-refractivity contribution in [2.75, 3.05) is 6.61 Å². The first-order valence-electron chi connectivity index (χ1n) is 10.9. The minimum Gasteiger partial charge on any atom is -0.508 e. The van der Waals surface area contributed by atoms with Gasteiger partial charge in [0.15, 0.2) is 0 Å². The van der Waals surface area contributed by atoms with Gasteiger partial charge in [0, 0.05) is 11.1 Å². The lowest BCUT2D eigenvalue weighted by Gasteiger charge is -2.06. The summed E-state index contributed by atoms with van der Waals surface area (Å²) in [6, 6.07) is 4.69. The first-order chi connectivity index (χ1) is 14.6. The third-order valence-electron chi connectivity index (χ3n) is 4.60. The highest BCUT2D eigenvalue weighted by molar-refractivity contribution is 5.86. The van der Waals surface area contributed by atoms with Gasteiger partial charge in [0.1, 0.15) is 11.5 Å². The molecule has 0 heterocycles. The van der Waals surface area contributed by atoms with Crippen molar-refractivity contribution >= 4 is 11.9 Å². The van der Waals surface area contributed by atoms with E-state index in [0.717, 1.165) is 37.7 Å². The zero-order valence-corrected chi connectivity index (χ0v) is 19.0. The summed E-state index contributed by atoms with van der Waals surface area (Å²) in [6.07, 6.45) is 11.1. The average molecular weight is 435 g/mol. The van der Waals surface area contributed by atoms with E-state index in [-0.39, 0.29) is 23.0 Å². The van der Waals surface area contributed by atoms with Gasteiger partial charge in [-0.15, -0.1) is 0 Å². The highest BCUT2D eigenvalue weighted by atomic mass is 16.5. The number of rotatable bonds is 14. The molecule has 1 aromatic carbocycles. The Balaban J connectivity index is 0.00000131. The highest BCUT2D eigenvalue weighted by Gasteiger charge is 2.03. The van der Waals surface area contributed by atoms with Gasteiger partial charge in [0.25, 0.3) is 0 Å². The number of hydrogen-bond acceptors (Lipinski definition) is 5. The van der Waals surface area contributed by atoms with E-state index in [1.807, 2.05) is 0 Å². The van der Waals surface area contributed by atoms with Gasteiger partial charge in [0.05, 0.1) is 6.61 Å². The minimum atomic E-state index is -0.935. The Labute approximate surface area is 186 Å². The van der Waals surface area contributed by atoms with Crippen LogP contribution in [-0.2, 0) is 20.7 Å². The van der Waals surface area contributed by atoms with Crippen LogP contribution in [0.25, 0.3) is 0 Å². The fourth-order valence-corrected chi connectivity index (χ4v) is 2.72. The summed E-state index contributed by atoms with van der Waals surface area (Å²) < 4.78 is 5.06. The number of carboxylic acids is 1. The zero-order chi connectivity index (χ0) is 23.6. The molecule has 3 N–H and O–H groups in total. The van der Waals surface area contributed by atoms with Crippen molar-refractivity contribution < 1.29 is 29.6 Å². The third kappa shape index (κ3) is 15.7. The van der Waals surface area contributed by atoms with Gasteiger partial charge >= 0.3 is 11.9 Å². The van der Waals surface area contributed by atoms with E-state index in [2.05, 4.69) is 13.2 Å². The van der Waals surface area contributed by atoms with Crippen molar-refractivity contribution in [2.45, 2.75) is 78.1 Å². The molecule has 174 valence electrons. The summed E-state index contributed by atoms with van der Waals surface area (Å²) in [6.45, 7) is 10.3. The molecule has 0 unspecified atom stereocenters. The molecule has 0 bridgehead atoms. The SMILES string of the molecule is C=C(C)C(=O)O.C=C(C)C(=O)OCCCCCCCCCCCc1cc(O)ccc1O. The third-order valence-corrected chi connectivity index (χ3v) is 4.60. The largest absolute Gasteiger partial charge is 0.508 e. The number of hydrogen-bond donors (Lipinski definition) is 3. The number of phenolic OH excluding ortho intramolecular Hbond substituents is 2. The molecule has 0 aliphatic heterocycles. The van der Waals surface area contributed by atoms with Crippen molar-refractivity contribution in [3.05, 3.63) is 48.1 Å². The van der Waals surface area contributed by atoms with Crippen LogP contribution in [0.2, 0.25) is 0 Å². The Bertz CT molecular complexity index is 696. The first-order valence-corrected chi connectivity index (χ1v) is 10.9. The number of carbonyl (C=O) groups excluding carboxylic acids is 1. The van der Waals surface area contributed by atoms with Gasteiger partial charge in [-0.2, -0.15) is 0 Å². The number of aliphatic carboxylic acids is 1. The van der Waals surface area contributed by atoms with Gasteiger partial charge in [-0.3, -0.25) is 0 Å². The maximum absolute atomic E-state index is 11.2. The lowest BCUT2D eigenvalue weighted by molar-refractivity contribution is -0.139. The number of ether oxygens (including phenoxy) is 1. The van der Waals surface area contributed by atoms with E-state index >= 15 is 0 Å². The van der Waals surface area contributed by atoms with Crippen LogP contribution in [0.15, 0.2) is 42.5 Å². The second kappa shape index (κ2) is 17.0. The maximum Gasteiger partial charge on any atom is 0.333 e. The van der Waals surface area contributed by atoms with E-state index in [1.165, 1.54) is 45.1 Å². The molecule has 0 fully saturated rings. The van der Waals surface area contributed by atoms with E-state index in [1.54, 1.807) is 19.1 Å². The van der Waals surface area contributed by atoms with Crippen LogP contribution in [0.1, 0.15) is 77.2 Å². The molecule has 31 heavy (non-hydrogen) atoms. The van der Waals surface area contributed by atoms with Crippen LogP contribution in [0.5, 0.6) is 11.5 Å². The summed E-state index contributed by atoms with van der Waals surface area (Å²) in [5.74, 6) is -0.747. The number of esters is 1. The molecule has 0 radical (unpaired) electrons. The molecule has 0 saturated carbocycles. The molecule has 0 aliphatic carbocycles. The lowest BCUT2D eigenvalue weighted by Crippen LogP contribution is -2.05. The number of unbranched alkanes of at least 4 members (excludes halogenated alkanes) is 8. The monoisotopic (exact) mass is 434 g/mol. The van der Waals surface area contributed by atoms with Crippen LogP contribution in [0.3, 0.4) is 0 Å². The Morgan fingerprint density at radius 1 is 0.839 bits per heavy atom. The zero-order valence-electron chi connectivity index (χ0n) is 19.0. The Hall–Kier alpha value is -2.76. The summed E-state index contributed by atoms with van der Waals surface area (Å²) in [4.78, 5) is 20.8. The Morgan fingerprint density at radius 2 is 1.32 bits per heavy atom. The molecule has 0 amide bonds. The number of aryl methyl sites for hydroxylation is 1.